The SMILES string of the molecule is CSC1CCC(NCCN(C(=O)OC(C)(C)C)C(C)(C)C)CC1. The third-order valence-electron chi connectivity index (χ3n) is 4.20. The Bertz CT molecular complexity index is 366. The fourth-order valence-corrected chi connectivity index (χ4v) is 3.64. The minimum atomic E-state index is -0.454. The average molecular weight is 345 g/mol. The second-order valence-corrected chi connectivity index (χ2v) is 9.60. The van der Waals surface area contributed by atoms with Crippen LogP contribution in [-0.4, -0.2) is 52.8 Å². The first-order valence-electron chi connectivity index (χ1n) is 8.79. The molecule has 23 heavy (non-hydrogen) atoms. The van der Waals surface area contributed by atoms with Gasteiger partial charge in [0.1, 0.15) is 5.60 Å². The van der Waals surface area contributed by atoms with E-state index in [2.05, 4.69) is 32.3 Å². The van der Waals surface area contributed by atoms with E-state index in [0.29, 0.717) is 12.6 Å². The second-order valence-electron chi connectivity index (χ2n) is 8.47. The molecule has 0 aromatic carbocycles. The van der Waals surface area contributed by atoms with Gasteiger partial charge in [0.05, 0.1) is 0 Å². The number of carbonyl (C=O) groups is 1. The summed E-state index contributed by atoms with van der Waals surface area (Å²) in [5.74, 6) is 0. The summed E-state index contributed by atoms with van der Waals surface area (Å²) in [7, 11) is 0. The third kappa shape index (κ3) is 7.79. The van der Waals surface area contributed by atoms with E-state index in [9.17, 15) is 4.79 Å². The molecule has 0 aromatic rings. The molecule has 0 radical (unpaired) electrons. The first-order chi connectivity index (χ1) is 10.5. The summed E-state index contributed by atoms with van der Waals surface area (Å²) < 4.78 is 5.55. The van der Waals surface area contributed by atoms with Crippen LogP contribution in [0.15, 0.2) is 0 Å². The van der Waals surface area contributed by atoms with E-state index in [1.54, 1.807) is 0 Å². The van der Waals surface area contributed by atoms with Gasteiger partial charge in [-0.25, -0.2) is 4.79 Å². The number of nitrogens with one attached hydrogen (secondary N) is 1. The summed E-state index contributed by atoms with van der Waals surface area (Å²) >= 11 is 1.99. The molecule has 136 valence electrons. The molecule has 0 aromatic heterocycles. The Morgan fingerprint density at radius 3 is 2.13 bits per heavy atom. The Kier molecular flexibility index (Phi) is 7.72. The van der Waals surface area contributed by atoms with Crippen LogP contribution in [0.2, 0.25) is 0 Å². The zero-order valence-corrected chi connectivity index (χ0v) is 16.9. The molecule has 1 N–H and O–H groups in total. The van der Waals surface area contributed by atoms with E-state index in [1.807, 2.05) is 37.4 Å². The molecule has 1 aliphatic rings. The standard InChI is InChI=1S/C18H36N2O2S/c1-17(2,3)20(16(21)22-18(4,5)6)13-12-19-14-8-10-15(23-7)11-9-14/h14-15,19H,8-13H2,1-7H3. The molecular weight excluding hydrogens is 308 g/mol. The fraction of sp³-hybridized carbons (Fsp3) is 0.944. The monoisotopic (exact) mass is 344 g/mol. The van der Waals surface area contributed by atoms with Crippen LogP contribution in [0.1, 0.15) is 67.2 Å². The molecule has 0 atom stereocenters. The van der Waals surface area contributed by atoms with E-state index in [4.69, 9.17) is 4.74 Å². The fourth-order valence-electron chi connectivity index (χ4n) is 2.90. The molecule has 1 saturated carbocycles. The molecule has 5 heteroatoms. The minimum Gasteiger partial charge on any atom is -0.444 e. The molecule has 1 rings (SSSR count). The summed E-state index contributed by atoms with van der Waals surface area (Å²) in [5.41, 5.74) is -0.690. The number of nitrogens with zero attached hydrogens (tertiary/aromatic N) is 1. The van der Waals surface area contributed by atoms with Crippen molar-refractivity contribution in [2.75, 3.05) is 19.3 Å². The molecule has 0 aliphatic heterocycles. The van der Waals surface area contributed by atoms with Crippen LogP contribution in [0.3, 0.4) is 0 Å². The van der Waals surface area contributed by atoms with Gasteiger partial charge in [0.2, 0.25) is 0 Å². The first-order valence-corrected chi connectivity index (χ1v) is 10.1. The number of carbonyl (C=O) groups excluding carboxylic acids is 1. The van der Waals surface area contributed by atoms with Gasteiger partial charge in [-0.15, -0.1) is 0 Å². The Morgan fingerprint density at radius 2 is 1.70 bits per heavy atom. The number of thioether (sulfide) groups is 1. The normalized spacial score (nSPS) is 22.7. The van der Waals surface area contributed by atoms with Gasteiger partial charge in [-0.05, 0) is 73.5 Å². The number of hydrogen-bond donors (Lipinski definition) is 1. The van der Waals surface area contributed by atoms with Gasteiger partial charge in [-0.1, -0.05) is 0 Å². The Labute approximate surface area is 147 Å². The number of amides is 1. The maximum absolute atomic E-state index is 12.4. The highest BCUT2D eigenvalue weighted by atomic mass is 32.2. The Balaban J connectivity index is 2.45. The molecule has 0 heterocycles. The molecule has 1 fully saturated rings. The first kappa shape index (κ1) is 20.6. The summed E-state index contributed by atoms with van der Waals surface area (Å²) in [4.78, 5) is 14.3. The molecule has 1 aliphatic carbocycles. The zero-order chi connectivity index (χ0) is 17.7. The van der Waals surface area contributed by atoms with E-state index < -0.39 is 5.60 Å². The summed E-state index contributed by atoms with van der Waals surface area (Å²) in [6.07, 6.45) is 7.07. The molecule has 0 bridgehead atoms. The third-order valence-corrected chi connectivity index (χ3v) is 5.34. The van der Waals surface area contributed by atoms with Crippen molar-refractivity contribution in [3.63, 3.8) is 0 Å². The predicted octanol–water partition coefficient (Wildman–Crippen LogP) is 4.29. The van der Waals surface area contributed by atoms with Gasteiger partial charge < -0.3 is 15.0 Å². The summed E-state index contributed by atoms with van der Waals surface area (Å²) in [6, 6.07) is 0.596. The van der Waals surface area contributed by atoms with E-state index in [0.717, 1.165) is 11.8 Å². The van der Waals surface area contributed by atoms with Crippen LogP contribution in [0, 0.1) is 0 Å². The maximum Gasteiger partial charge on any atom is 0.410 e. The number of rotatable bonds is 5. The van der Waals surface area contributed by atoms with E-state index >= 15 is 0 Å². The van der Waals surface area contributed by atoms with Gasteiger partial charge in [0.15, 0.2) is 0 Å². The van der Waals surface area contributed by atoms with Gasteiger partial charge in [0, 0.05) is 29.9 Å². The van der Waals surface area contributed by atoms with Crippen molar-refractivity contribution in [2.24, 2.45) is 0 Å². The van der Waals surface area contributed by atoms with Crippen molar-refractivity contribution < 1.29 is 9.53 Å². The van der Waals surface area contributed by atoms with Crippen molar-refractivity contribution in [1.82, 2.24) is 10.2 Å². The predicted molar refractivity (Wildman–Crippen MR) is 100 cm³/mol. The van der Waals surface area contributed by atoms with Crippen molar-refractivity contribution in [3.05, 3.63) is 0 Å². The van der Waals surface area contributed by atoms with Crippen LogP contribution in [0.4, 0.5) is 4.79 Å². The van der Waals surface area contributed by atoms with Crippen LogP contribution in [0.5, 0.6) is 0 Å². The van der Waals surface area contributed by atoms with Gasteiger partial charge in [-0.2, -0.15) is 11.8 Å². The average Bonchev–Trinajstić information content (AvgIpc) is 2.40. The lowest BCUT2D eigenvalue weighted by Gasteiger charge is -2.37. The lowest BCUT2D eigenvalue weighted by Crippen LogP contribution is -2.51. The summed E-state index contributed by atoms with van der Waals surface area (Å²) in [5, 5.41) is 4.46. The topological polar surface area (TPSA) is 41.6 Å². The number of ether oxygens (including phenoxy) is 1. The Morgan fingerprint density at radius 1 is 1.13 bits per heavy atom. The highest BCUT2D eigenvalue weighted by Gasteiger charge is 2.30. The molecule has 4 nitrogen and oxygen atoms in total. The van der Waals surface area contributed by atoms with Crippen molar-refractivity contribution in [2.45, 2.75) is 89.7 Å². The quantitative estimate of drug-likeness (QED) is 0.808. The van der Waals surface area contributed by atoms with Crippen molar-refractivity contribution in [1.29, 1.82) is 0 Å². The lowest BCUT2D eigenvalue weighted by molar-refractivity contribution is 0.00639. The molecule has 0 saturated heterocycles. The van der Waals surface area contributed by atoms with Crippen LogP contribution in [-0.2, 0) is 4.74 Å². The molecule has 0 spiro atoms. The second kappa shape index (κ2) is 8.61. The van der Waals surface area contributed by atoms with Gasteiger partial charge in [-0.3, -0.25) is 0 Å². The Hall–Kier alpha value is -0.420. The highest BCUT2D eigenvalue weighted by molar-refractivity contribution is 7.99. The van der Waals surface area contributed by atoms with Crippen LogP contribution in [0.25, 0.3) is 0 Å². The lowest BCUT2D eigenvalue weighted by atomic mass is 9.95. The molecular formula is C18H36N2O2S. The van der Waals surface area contributed by atoms with Crippen molar-refractivity contribution >= 4 is 17.9 Å². The van der Waals surface area contributed by atoms with Gasteiger partial charge in [0.25, 0.3) is 0 Å². The highest BCUT2D eigenvalue weighted by Crippen LogP contribution is 2.26. The number of hydrogen-bond acceptors (Lipinski definition) is 4. The van der Waals surface area contributed by atoms with E-state index in [1.165, 1.54) is 25.7 Å². The molecule has 1 amide bonds. The molecule has 0 unspecified atom stereocenters. The van der Waals surface area contributed by atoms with Crippen LogP contribution >= 0.6 is 11.8 Å². The van der Waals surface area contributed by atoms with Crippen LogP contribution < -0.4 is 5.32 Å². The smallest absolute Gasteiger partial charge is 0.410 e. The maximum atomic E-state index is 12.4. The minimum absolute atomic E-state index is 0.224. The largest absolute Gasteiger partial charge is 0.444 e. The summed E-state index contributed by atoms with van der Waals surface area (Å²) in [6.45, 7) is 13.4. The van der Waals surface area contributed by atoms with E-state index in [-0.39, 0.29) is 11.6 Å². The van der Waals surface area contributed by atoms with Crippen molar-refractivity contribution in [3.8, 4) is 0 Å². The van der Waals surface area contributed by atoms with Gasteiger partial charge >= 0.3 is 6.09 Å². The zero-order valence-electron chi connectivity index (χ0n) is 16.1.